The maximum absolute atomic E-state index is 13.2. The van der Waals surface area contributed by atoms with Gasteiger partial charge in [0.1, 0.15) is 5.82 Å². The van der Waals surface area contributed by atoms with Crippen LogP contribution in [0.5, 0.6) is 6.01 Å². The Morgan fingerprint density at radius 2 is 1.88 bits per heavy atom. The van der Waals surface area contributed by atoms with Crippen molar-refractivity contribution < 1.29 is 9.13 Å². The van der Waals surface area contributed by atoms with E-state index in [0.717, 1.165) is 22.2 Å². The molecule has 3 aromatic heterocycles. The van der Waals surface area contributed by atoms with Crippen molar-refractivity contribution >= 4 is 10.9 Å². The minimum atomic E-state index is -0.350. The highest BCUT2D eigenvalue weighted by atomic mass is 19.1. The molecule has 32 heavy (non-hydrogen) atoms. The number of ether oxygens (including phenoxy) is 1. The van der Waals surface area contributed by atoms with Gasteiger partial charge in [0.25, 0.3) is 0 Å². The van der Waals surface area contributed by atoms with Crippen molar-refractivity contribution in [2.45, 2.75) is 13.5 Å². The van der Waals surface area contributed by atoms with E-state index in [1.807, 2.05) is 37.4 Å². The van der Waals surface area contributed by atoms with Gasteiger partial charge in [-0.1, -0.05) is 12.1 Å². The summed E-state index contributed by atoms with van der Waals surface area (Å²) < 4.78 is 23.3. The second-order valence-corrected chi connectivity index (χ2v) is 7.15. The van der Waals surface area contributed by atoms with Crippen molar-refractivity contribution in [2.24, 2.45) is 0 Å². The van der Waals surface area contributed by atoms with E-state index >= 15 is 0 Å². The van der Waals surface area contributed by atoms with Crippen LogP contribution >= 0.6 is 0 Å². The Balaban J connectivity index is 1.55. The van der Waals surface area contributed by atoms with Crippen LogP contribution in [0, 0.1) is 5.82 Å². The molecule has 0 saturated carbocycles. The first-order chi connectivity index (χ1) is 15.6. The monoisotopic (exact) mass is 430 g/mol. The molecule has 0 amide bonds. The van der Waals surface area contributed by atoms with E-state index in [0.29, 0.717) is 12.3 Å². The summed E-state index contributed by atoms with van der Waals surface area (Å²) in [5, 5.41) is 9.80. The Labute approximate surface area is 182 Å². The molecule has 9 heteroatoms. The molecule has 5 aromatic rings. The SMILES string of the molecule is CCOc1nn(-c2ccc3nn(-c4cccnc4)cc3c2)c(=O)n1Cc1ccc(F)cc1. The molecule has 5 rings (SSSR count). The molecule has 0 saturated heterocycles. The molecule has 3 heterocycles. The molecule has 8 nitrogen and oxygen atoms in total. The number of hydrogen-bond acceptors (Lipinski definition) is 5. The molecule has 160 valence electrons. The Hall–Kier alpha value is -4.27. The van der Waals surface area contributed by atoms with Gasteiger partial charge in [-0.05, 0) is 55.0 Å². The summed E-state index contributed by atoms with van der Waals surface area (Å²) in [6.45, 7) is 2.40. The predicted molar refractivity (Wildman–Crippen MR) is 117 cm³/mol. The number of pyridine rings is 1. The largest absolute Gasteiger partial charge is 0.464 e. The molecule has 0 radical (unpaired) electrons. The molecule has 0 aliphatic heterocycles. The van der Waals surface area contributed by atoms with E-state index in [1.54, 1.807) is 35.3 Å². The number of nitrogens with zero attached hydrogens (tertiary/aromatic N) is 6. The van der Waals surface area contributed by atoms with Crippen LogP contribution in [0.1, 0.15) is 12.5 Å². The van der Waals surface area contributed by atoms with E-state index in [1.165, 1.54) is 21.4 Å². The van der Waals surface area contributed by atoms with Gasteiger partial charge < -0.3 is 4.74 Å². The Kier molecular flexibility index (Phi) is 4.98. The summed E-state index contributed by atoms with van der Waals surface area (Å²) in [6, 6.07) is 15.4. The summed E-state index contributed by atoms with van der Waals surface area (Å²) >= 11 is 0. The second kappa shape index (κ2) is 8.10. The second-order valence-electron chi connectivity index (χ2n) is 7.15. The summed E-state index contributed by atoms with van der Waals surface area (Å²) in [6.07, 6.45) is 5.30. The summed E-state index contributed by atoms with van der Waals surface area (Å²) in [7, 11) is 0. The van der Waals surface area contributed by atoms with Gasteiger partial charge in [0.2, 0.25) is 0 Å². The van der Waals surface area contributed by atoms with Gasteiger partial charge in [0, 0.05) is 17.8 Å². The van der Waals surface area contributed by atoms with Crippen LogP contribution < -0.4 is 10.4 Å². The average Bonchev–Trinajstić information content (AvgIpc) is 3.37. The third kappa shape index (κ3) is 3.64. The fourth-order valence-electron chi connectivity index (χ4n) is 3.46. The molecule has 0 unspecified atom stereocenters. The highest BCUT2D eigenvalue weighted by Crippen LogP contribution is 2.20. The molecular weight excluding hydrogens is 411 g/mol. The summed E-state index contributed by atoms with van der Waals surface area (Å²) in [5.41, 5.74) is 2.62. The fraction of sp³-hybridized carbons (Fsp3) is 0.130. The van der Waals surface area contributed by atoms with Crippen molar-refractivity contribution in [3.05, 3.63) is 95.1 Å². The van der Waals surface area contributed by atoms with Crippen LogP contribution in [0.4, 0.5) is 4.39 Å². The topological polar surface area (TPSA) is 79.8 Å². The quantitative estimate of drug-likeness (QED) is 0.413. The highest BCUT2D eigenvalue weighted by molar-refractivity contribution is 5.80. The van der Waals surface area contributed by atoms with E-state index in [2.05, 4.69) is 15.2 Å². The van der Waals surface area contributed by atoms with Gasteiger partial charge in [-0.3, -0.25) is 4.98 Å². The minimum Gasteiger partial charge on any atom is -0.464 e. The van der Waals surface area contributed by atoms with Gasteiger partial charge in [-0.15, -0.1) is 5.10 Å². The number of hydrogen-bond donors (Lipinski definition) is 0. The molecule has 0 N–H and O–H groups in total. The van der Waals surface area contributed by atoms with Gasteiger partial charge in [-0.25, -0.2) is 18.4 Å². The molecule has 0 aliphatic carbocycles. The molecule has 0 spiro atoms. The molecule has 2 aromatic carbocycles. The van der Waals surface area contributed by atoms with Crippen molar-refractivity contribution in [3.63, 3.8) is 0 Å². The molecule has 0 atom stereocenters. The normalized spacial score (nSPS) is 11.2. The average molecular weight is 430 g/mol. The van der Waals surface area contributed by atoms with E-state index in [9.17, 15) is 9.18 Å². The van der Waals surface area contributed by atoms with Crippen LogP contribution in [-0.2, 0) is 6.54 Å². The number of rotatable bonds is 6. The van der Waals surface area contributed by atoms with Gasteiger partial charge in [-0.2, -0.15) is 9.78 Å². The van der Waals surface area contributed by atoms with Crippen molar-refractivity contribution in [2.75, 3.05) is 6.61 Å². The van der Waals surface area contributed by atoms with E-state index in [4.69, 9.17) is 4.74 Å². The maximum Gasteiger partial charge on any atom is 0.353 e. The van der Waals surface area contributed by atoms with Gasteiger partial charge in [0.05, 0.1) is 36.2 Å². The van der Waals surface area contributed by atoms with Gasteiger partial charge in [0.15, 0.2) is 0 Å². The first kappa shape index (κ1) is 19.7. The Morgan fingerprint density at radius 3 is 2.62 bits per heavy atom. The Bertz CT molecular complexity index is 1440. The molecule has 0 bridgehead atoms. The van der Waals surface area contributed by atoms with Crippen molar-refractivity contribution in [3.8, 4) is 17.4 Å². The van der Waals surface area contributed by atoms with Crippen LogP contribution in [0.3, 0.4) is 0 Å². The molecule has 0 fully saturated rings. The summed E-state index contributed by atoms with van der Waals surface area (Å²) in [4.78, 5) is 17.3. The van der Waals surface area contributed by atoms with Crippen molar-refractivity contribution in [1.29, 1.82) is 0 Å². The van der Waals surface area contributed by atoms with Crippen LogP contribution in [-0.4, -0.2) is 35.7 Å². The zero-order chi connectivity index (χ0) is 22.1. The standard InChI is InChI=1S/C23H19FN6O2/c1-2-32-22-27-30(23(31)28(22)14-16-5-7-18(24)8-6-16)19-9-10-21-17(12-19)15-29(26-21)20-4-3-11-25-13-20/h3-13,15H,2,14H2,1H3. The van der Waals surface area contributed by atoms with E-state index < -0.39 is 0 Å². The first-order valence-electron chi connectivity index (χ1n) is 10.1. The van der Waals surface area contributed by atoms with E-state index in [-0.39, 0.29) is 24.1 Å². The van der Waals surface area contributed by atoms with Gasteiger partial charge >= 0.3 is 11.7 Å². The first-order valence-corrected chi connectivity index (χ1v) is 10.1. The zero-order valence-electron chi connectivity index (χ0n) is 17.2. The lowest BCUT2D eigenvalue weighted by Gasteiger charge is -2.05. The number of benzene rings is 2. The molecule has 0 aliphatic rings. The third-order valence-electron chi connectivity index (χ3n) is 5.00. The lowest BCUT2D eigenvalue weighted by molar-refractivity contribution is 0.296. The lowest BCUT2D eigenvalue weighted by Crippen LogP contribution is -2.24. The smallest absolute Gasteiger partial charge is 0.353 e. The van der Waals surface area contributed by atoms with Crippen LogP contribution in [0.25, 0.3) is 22.3 Å². The van der Waals surface area contributed by atoms with Crippen LogP contribution in [0.15, 0.2) is 78.0 Å². The molecular formula is C23H19FN6O2. The third-order valence-corrected chi connectivity index (χ3v) is 5.00. The van der Waals surface area contributed by atoms with Crippen LogP contribution in [0.2, 0.25) is 0 Å². The number of aromatic nitrogens is 6. The summed E-state index contributed by atoms with van der Waals surface area (Å²) in [5.74, 6) is -0.332. The lowest BCUT2D eigenvalue weighted by atomic mass is 10.2. The minimum absolute atomic E-state index is 0.202. The number of halogens is 1. The zero-order valence-corrected chi connectivity index (χ0v) is 17.2. The predicted octanol–water partition coefficient (Wildman–Crippen LogP) is 3.35. The fourth-order valence-corrected chi connectivity index (χ4v) is 3.46. The highest BCUT2D eigenvalue weighted by Gasteiger charge is 2.17. The Morgan fingerprint density at radius 1 is 1.03 bits per heavy atom. The number of fused-ring (bicyclic) bond motifs is 1. The maximum atomic E-state index is 13.2. The van der Waals surface area contributed by atoms with Crippen molar-refractivity contribution in [1.82, 2.24) is 29.1 Å².